The minimum atomic E-state index is -1.16. The minimum absolute atomic E-state index is 0.155. The highest BCUT2D eigenvalue weighted by molar-refractivity contribution is 7.84. The summed E-state index contributed by atoms with van der Waals surface area (Å²) in [6.07, 6.45) is 3.27. The van der Waals surface area contributed by atoms with Gasteiger partial charge in [0.1, 0.15) is 28.6 Å². The normalized spacial score (nSPS) is 12.0. The van der Waals surface area contributed by atoms with Crippen LogP contribution in [-0.4, -0.2) is 40.1 Å². The Morgan fingerprint density at radius 2 is 1.84 bits per heavy atom. The largest absolute Gasteiger partial charge is 0.493 e. The van der Waals surface area contributed by atoms with Crippen molar-refractivity contribution in [1.82, 2.24) is 9.55 Å². The number of nitrogens with two attached hydrogens (primary N) is 1. The van der Waals surface area contributed by atoms with Crippen molar-refractivity contribution >= 4 is 39.1 Å². The number of hydrogen-bond donors (Lipinski definition) is 1. The van der Waals surface area contributed by atoms with E-state index in [9.17, 15) is 9.00 Å². The number of aromatic nitrogens is 2. The van der Waals surface area contributed by atoms with Crippen LogP contribution in [0.1, 0.15) is 15.2 Å². The highest BCUT2D eigenvalue weighted by atomic mass is 32.2. The highest BCUT2D eigenvalue weighted by Gasteiger charge is 2.19. The summed E-state index contributed by atoms with van der Waals surface area (Å²) in [5.41, 5.74) is 7.87. The second kappa shape index (κ2) is 9.01. The van der Waals surface area contributed by atoms with Crippen LogP contribution in [0.3, 0.4) is 0 Å². The zero-order valence-electron chi connectivity index (χ0n) is 17.7. The fourth-order valence-corrected chi connectivity index (χ4v) is 5.03. The summed E-state index contributed by atoms with van der Waals surface area (Å²) in [4.78, 5) is 17.5. The molecule has 0 radical (unpaired) electrons. The van der Waals surface area contributed by atoms with Crippen molar-refractivity contribution in [3.63, 3.8) is 0 Å². The lowest BCUT2D eigenvalue weighted by Gasteiger charge is -2.09. The second-order valence-corrected chi connectivity index (χ2v) is 9.18. The van der Waals surface area contributed by atoms with Gasteiger partial charge < -0.3 is 19.9 Å². The standard InChI is InChI=1S/C22H21N3O5S2/c1-28-16-8-14-15(9-17(16)29-2)25(12-24-14)20-10-18(21(31-20)22(23)26)30-11-13-6-4-5-7-19(13)32(3)27/h4-10,12H,11H2,1-3H3,(H2,23,26). The van der Waals surface area contributed by atoms with E-state index in [0.717, 1.165) is 11.1 Å². The topological polar surface area (TPSA) is 106 Å². The molecule has 1 unspecified atom stereocenters. The fourth-order valence-electron chi connectivity index (χ4n) is 3.33. The average molecular weight is 472 g/mol. The van der Waals surface area contributed by atoms with Crippen molar-refractivity contribution in [2.24, 2.45) is 5.73 Å². The van der Waals surface area contributed by atoms with Gasteiger partial charge in [0.05, 0.1) is 36.1 Å². The van der Waals surface area contributed by atoms with E-state index in [1.54, 1.807) is 45.0 Å². The molecule has 4 rings (SSSR count). The number of methoxy groups -OCH3 is 2. The van der Waals surface area contributed by atoms with Crippen LogP contribution in [0.5, 0.6) is 17.2 Å². The smallest absolute Gasteiger partial charge is 0.262 e. The van der Waals surface area contributed by atoms with Gasteiger partial charge >= 0.3 is 0 Å². The van der Waals surface area contributed by atoms with Gasteiger partial charge in [-0.2, -0.15) is 0 Å². The lowest BCUT2D eigenvalue weighted by Crippen LogP contribution is -2.11. The highest BCUT2D eigenvalue weighted by Crippen LogP contribution is 2.37. The number of carbonyl (C=O) groups is 1. The molecule has 10 heteroatoms. The summed E-state index contributed by atoms with van der Waals surface area (Å²) in [6, 6.07) is 12.7. The molecule has 2 N–H and O–H groups in total. The van der Waals surface area contributed by atoms with E-state index in [1.165, 1.54) is 11.3 Å². The van der Waals surface area contributed by atoms with Crippen molar-refractivity contribution in [3.8, 4) is 22.2 Å². The predicted molar refractivity (Wildman–Crippen MR) is 124 cm³/mol. The third-order valence-corrected chi connectivity index (χ3v) is 7.01. The van der Waals surface area contributed by atoms with E-state index in [2.05, 4.69) is 4.98 Å². The van der Waals surface area contributed by atoms with Crippen LogP contribution >= 0.6 is 11.3 Å². The number of ether oxygens (including phenoxy) is 3. The van der Waals surface area contributed by atoms with Gasteiger partial charge in [0.2, 0.25) is 0 Å². The number of fused-ring (bicyclic) bond motifs is 1. The van der Waals surface area contributed by atoms with Crippen LogP contribution in [0.15, 0.2) is 53.7 Å². The van der Waals surface area contributed by atoms with Crippen molar-refractivity contribution in [3.05, 3.63) is 59.2 Å². The van der Waals surface area contributed by atoms with Crippen LogP contribution < -0.4 is 19.9 Å². The van der Waals surface area contributed by atoms with Crippen LogP contribution in [0, 0.1) is 0 Å². The van der Waals surface area contributed by atoms with Gasteiger partial charge in [-0.3, -0.25) is 13.6 Å². The molecule has 2 aromatic carbocycles. The number of thiophene rings is 1. The van der Waals surface area contributed by atoms with Gasteiger partial charge in [-0.1, -0.05) is 18.2 Å². The first-order valence-electron chi connectivity index (χ1n) is 9.50. The Hall–Kier alpha value is -3.37. The molecule has 0 aliphatic heterocycles. The number of nitrogens with zero attached hydrogens (tertiary/aromatic N) is 2. The number of amides is 1. The number of imidazole rings is 1. The molecule has 8 nitrogen and oxygen atoms in total. The Bertz CT molecular complexity index is 1330. The quantitative estimate of drug-likeness (QED) is 0.422. The molecule has 0 aliphatic carbocycles. The summed E-state index contributed by atoms with van der Waals surface area (Å²) in [5.74, 6) is 0.906. The van der Waals surface area contributed by atoms with Gasteiger partial charge in [-0.25, -0.2) is 4.98 Å². The lowest BCUT2D eigenvalue weighted by molar-refractivity contribution is 0.1000. The summed E-state index contributed by atoms with van der Waals surface area (Å²) >= 11 is 1.20. The molecule has 166 valence electrons. The second-order valence-electron chi connectivity index (χ2n) is 6.80. The first-order valence-corrected chi connectivity index (χ1v) is 11.9. The van der Waals surface area contributed by atoms with Crippen LogP contribution in [-0.2, 0) is 17.4 Å². The minimum Gasteiger partial charge on any atom is -0.493 e. The predicted octanol–water partition coefficient (Wildman–Crippen LogP) is 3.52. The van der Waals surface area contributed by atoms with E-state index >= 15 is 0 Å². The van der Waals surface area contributed by atoms with Gasteiger partial charge in [-0.05, 0) is 6.07 Å². The molecule has 0 aliphatic rings. The first kappa shape index (κ1) is 21.8. The van der Waals surface area contributed by atoms with Crippen molar-refractivity contribution in [2.45, 2.75) is 11.5 Å². The molecule has 2 aromatic heterocycles. The Morgan fingerprint density at radius 3 is 2.53 bits per heavy atom. The number of rotatable bonds is 8. The van der Waals surface area contributed by atoms with Crippen LogP contribution in [0.25, 0.3) is 16.0 Å². The van der Waals surface area contributed by atoms with Gasteiger partial charge in [0.15, 0.2) is 11.5 Å². The average Bonchev–Trinajstić information content (AvgIpc) is 3.40. The zero-order chi connectivity index (χ0) is 22.8. The van der Waals surface area contributed by atoms with Gasteiger partial charge in [0.25, 0.3) is 5.91 Å². The third-order valence-electron chi connectivity index (χ3n) is 4.86. The van der Waals surface area contributed by atoms with E-state index < -0.39 is 16.7 Å². The number of benzene rings is 2. The number of carbonyl (C=O) groups excluding carboxylic acids is 1. The van der Waals surface area contributed by atoms with Crippen LogP contribution in [0.4, 0.5) is 0 Å². The fraction of sp³-hybridized carbons (Fsp3) is 0.182. The Labute approximate surface area is 191 Å². The molecule has 1 atom stereocenters. The van der Waals surface area contributed by atoms with E-state index in [-0.39, 0.29) is 11.5 Å². The maximum atomic E-state index is 12.1. The maximum Gasteiger partial charge on any atom is 0.262 e. The summed E-state index contributed by atoms with van der Waals surface area (Å²) in [7, 11) is 1.97. The third kappa shape index (κ3) is 4.06. The monoisotopic (exact) mass is 471 g/mol. The lowest BCUT2D eigenvalue weighted by atomic mass is 10.2. The SMILES string of the molecule is COc1cc2ncn(-c3cc(OCc4ccccc4S(C)=O)c(C(N)=O)s3)c2cc1OC. The Morgan fingerprint density at radius 1 is 1.12 bits per heavy atom. The molecular weight excluding hydrogens is 450 g/mol. The first-order chi connectivity index (χ1) is 15.4. The molecule has 2 heterocycles. The van der Waals surface area contributed by atoms with Crippen molar-refractivity contribution in [1.29, 1.82) is 0 Å². The van der Waals surface area contributed by atoms with Gasteiger partial charge in [-0.15, -0.1) is 11.3 Å². The zero-order valence-corrected chi connectivity index (χ0v) is 19.3. The molecule has 0 saturated heterocycles. The summed E-state index contributed by atoms with van der Waals surface area (Å²) in [6.45, 7) is 0.155. The van der Waals surface area contributed by atoms with E-state index in [0.29, 0.717) is 32.7 Å². The van der Waals surface area contributed by atoms with Crippen LogP contribution in [0.2, 0.25) is 0 Å². The number of primary amides is 1. The van der Waals surface area contributed by atoms with E-state index in [4.69, 9.17) is 19.9 Å². The molecule has 0 bridgehead atoms. The molecule has 4 aromatic rings. The molecular formula is C22H21N3O5S2. The van der Waals surface area contributed by atoms with E-state index in [1.807, 2.05) is 28.8 Å². The Kier molecular flexibility index (Phi) is 6.15. The van der Waals surface area contributed by atoms with Crippen molar-refractivity contribution in [2.75, 3.05) is 20.5 Å². The molecule has 0 fully saturated rings. The van der Waals surface area contributed by atoms with Crippen molar-refractivity contribution < 1.29 is 23.2 Å². The molecule has 0 saturated carbocycles. The molecule has 1 amide bonds. The molecule has 0 spiro atoms. The summed E-state index contributed by atoms with van der Waals surface area (Å²) < 4.78 is 30.5. The van der Waals surface area contributed by atoms with Gasteiger partial charge in [0, 0.05) is 34.9 Å². The number of hydrogen-bond acceptors (Lipinski definition) is 7. The Balaban J connectivity index is 1.71. The molecule has 32 heavy (non-hydrogen) atoms. The maximum absolute atomic E-state index is 12.1. The summed E-state index contributed by atoms with van der Waals surface area (Å²) in [5, 5.41) is 0.705.